The average Bonchev–Trinajstić information content (AvgIpc) is 3.14. The molecule has 10 heteroatoms. The maximum absolute atomic E-state index is 14.4. The minimum Gasteiger partial charge on any atom is -0.394 e. The van der Waals surface area contributed by atoms with Crippen molar-refractivity contribution in [1.82, 2.24) is 30.5 Å². The van der Waals surface area contributed by atoms with Crippen LogP contribution in [0.2, 0.25) is 0 Å². The summed E-state index contributed by atoms with van der Waals surface area (Å²) in [6, 6.07) is 4.83. The first-order valence-corrected chi connectivity index (χ1v) is 9.44. The quantitative estimate of drug-likeness (QED) is 0.612. The first-order valence-electron chi connectivity index (χ1n) is 9.44. The molecule has 1 amide bonds. The highest BCUT2D eigenvalue weighted by Crippen LogP contribution is 2.26. The van der Waals surface area contributed by atoms with E-state index in [0.717, 1.165) is 12.3 Å². The zero-order chi connectivity index (χ0) is 21.8. The van der Waals surface area contributed by atoms with E-state index in [9.17, 15) is 18.7 Å². The van der Waals surface area contributed by atoms with Gasteiger partial charge in [-0.15, -0.1) is 5.10 Å². The van der Waals surface area contributed by atoms with Crippen LogP contribution < -0.4 is 5.32 Å². The molecule has 1 aromatic carbocycles. The van der Waals surface area contributed by atoms with Crippen molar-refractivity contribution in [3.8, 4) is 16.9 Å². The SMILES string of the molecule is CC(C)Cc1nnnn1-c1cc(C(=O)N[C@@H](C)CO)cc(-c2ncc(F)cc2F)c1. The lowest BCUT2D eigenvalue weighted by atomic mass is 10.0. The van der Waals surface area contributed by atoms with Crippen molar-refractivity contribution < 1.29 is 18.7 Å². The van der Waals surface area contributed by atoms with Crippen LogP contribution in [0.4, 0.5) is 8.78 Å². The Bertz CT molecular complexity index is 1050. The molecule has 30 heavy (non-hydrogen) atoms. The monoisotopic (exact) mass is 416 g/mol. The third-order valence-electron chi connectivity index (χ3n) is 4.28. The van der Waals surface area contributed by atoms with Gasteiger partial charge in [0.25, 0.3) is 5.91 Å². The van der Waals surface area contributed by atoms with Crippen molar-refractivity contribution in [2.24, 2.45) is 5.92 Å². The zero-order valence-electron chi connectivity index (χ0n) is 16.8. The number of carbonyl (C=O) groups excluding carboxylic acids is 1. The normalized spacial score (nSPS) is 12.2. The summed E-state index contributed by atoms with van der Waals surface area (Å²) in [7, 11) is 0. The lowest BCUT2D eigenvalue weighted by Gasteiger charge is -2.14. The van der Waals surface area contributed by atoms with E-state index >= 15 is 0 Å². The minimum absolute atomic E-state index is 0.110. The molecule has 3 rings (SSSR count). The smallest absolute Gasteiger partial charge is 0.251 e. The van der Waals surface area contributed by atoms with Gasteiger partial charge in [0.15, 0.2) is 11.6 Å². The van der Waals surface area contributed by atoms with E-state index in [1.165, 1.54) is 10.7 Å². The number of halogens is 2. The van der Waals surface area contributed by atoms with Crippen molar-refractivity contribution in [1.29, 1.82) is 0 Å². The second kappa shape index (κ2) is 9.04. The molecule has 0 unspecified atom stereocenters. The topological polar surface area (TPSA) is 106 Å². The molecule has 0 fully saturated rings. The summed E-state index contributed by atoms with van der Waals surface area (Å²) < 4.78 is 29.2. The summed E-state index contributed by atoms with van der Waals surface area (Å²) >= 11 is 0. The van der Waals surface area contributed by atoms with Crippen molar-refractivity contribution in [2.75, 3.05) is 6.61 Å². The Kier molecular flexibility index (Phi) is 6.46. The van der Waals surface area contributed by atoms with Crippen LogP contribution >= 0.6 is 0 Å². The Balaban J connectivity index is 2.14. The van der Waals surface area contributed by atoms with Crippen LogP contribution in [0.25, 0.3) is 16.9 Å². The van der Waals surface area contributed by atoms with Gasteiger partial charge in [-0.05, 0) is 41.5 Å². The van der Waals surface area contributed by atoms with E-state index in [4.69, 9.17) is 0 Å². The number of aromatic nitrogens is 5. The highest BCUT2D eigenvalue weighted by atomic mass is 19.1. The van der Waals surface area contributed by atoms with Crippen molar-refractivity contribution in [3.63, 3.8) is 0 Å². The fourth-order valence-electron chi connectivity index (χ4n) is 2.88. The molecule has 3 aromatic rings. The summed E-state index contributed by atoms with van der Waals surface area (Å²) in [5.41, 5.74) is 0.776. The predicted molar refractivity (Wildman–Crippen MR) is 105 cm³/mol. The second-order valence-electron chi connectivity index (χ2n) is 7.41. The first kappa shape index (κ1) is 21.4. The fraction of sp³-hybridized carbons (Fsp3) is 0.350. The number of hydrogen-bond acceptors (Lipinski definition) is 6. The molecule has 2 N–H and O–H groups in total. The van der Waals surface area contributed by atoms with Gasteiger partial charge in [0, 0.05) is 29.7 Å². The molecular weight excluding hydrogens is 394 g/mol. The highest BCUT2D eigenvalue weighted by molar-refractivity contribution is 5.96. The maximum atomic E-state index is 14.4. The third-order valence-corrected chi connectivity index (χ3v) is 4.28. The van der Waals surface area contributed by atoms with E-state index in [-0.39, 0.29) is 29.3 Å². The molecule has 0 saturated carbocycles. The van der Waals surface area contributed by atoms with Crippen LogP contribution in [-0.2, 0) is 6.42 Å². The molecular formula is C20H22F2N6O2. The summed E-state index contributed by atoms with van der Waals surface area (Å²) in [5.74, 6) is -1.28. The Morgan fingerprint density at radius 1 is 1.20 bits per heavy atom. The van der Waals surface area contributed by atoms with Gasteiger partial charge in [-0.3, -0.25) is 9.78 Å². The van der Waals surface area contributed by atoms with E-state index in [1.54, 1.807) is 19.1 Å². The van der Waals surface area contributed by atoms with Gasteiger partial charge >= 0.3 is 0 Å². The molecule has 158 valence electrons. The largest absolute Gasteiger partial charge is 0.394 e. The Hall–Kier alpha value is -3.27. The number of rotatable bonds is 7. The highest BCUT2D eigenvalue weighted by Gasteiger charge is 2.18. The van der Waals surface area contributed by atoms with Crippen LogP contribution in [0.1, 0.15) is 37.0 Å². The number of carbonyl (C=O) groups is 1. The number of hydrogen-bond donors (Lipinski definition) is 2. The molecule has 2 aromatic heterocycles. The van der Waals surface area contributed by atoms with Crippen molar-refractivity contribution in [3.05, 3.63) is 53.5 Å². The lowest BCUT2D eigenvalue weighted by molar-refractivity contribution is 0.0922. The van der Waals surface area contributed by atoms with Gasteiger partial charge in [-0.2, -0.15) is 4.68 Å². The van der Waals surface area contributed by atoms with Crippen LogP contribution in [0.3, 0.4) is 0 Å². The first-order chi connectivity index (χ1) is 14.3. The molecule has 0 aliphatic heterocycles. The molecule has 0 aliphatic carbocycles. The van der Waals surface area contributed by atoms with Crippen LogP contribution in [-0.4, -0.2) is 48.9 Å². The van der Waals surface area contributed by atoms with Gasteiger partial charge in [0.05, 0.1) is 18.5 Å². The zero-order valence-corrected chi connectivity index (χ0v) is 16.8. The summed E-state index contributed by atoms with van der Waals surface area (Å²) in [6.07, 6.45) is 1.49. The molecule has 0 saturated heterocycles. The molecule has 0 radical (unpaired) electrons. The molecule has 0 bridgehead atoms. The van der Waals surface area contributed by atoms with Crippen molar-refractivity contribution in [2.45, 2.75) is 33.2 Å². The average molecular weight is 416 g/mol. The van der Waals surface area contributed by atoms with Crippen LogP contribution in [0.15, 0.2) is 30.5 Å². The van der Waals surface area contributed by atoms with Crippen LogP contribution in [0.5, 0.6) is 0 Å². The van der Waals surface area contributed by atoms with Gasteiger partial charge < -0.3 is 10.4 Å². The number of benzene rings is 1. The molecule has 8 nitrogen and oxygen atoms in total. The maximum Gasteiger partial charge on any atom is 0.251 e. The Morgan fingerprint density at radius 2 is 1.97 bits per heavy atom. The second-order valence-corrected chi connectivity index (χ2v) is 7.41. The number of pyridine rings is 1. The van der Waals surface area contributed by atoms with Gasteiger partial charge in [0.2, 0.25) is 0 Å². The Labute approximate surface area is 172 Å². The molecule has 0 spiro atoms. The van der Waals surface area contributed by atoms with Crippen molar-refractivity contribution >= 4 is 5.91 Å². The molecule has 2 heterocycles. The third kappa shape index (κ3) is 4.82. The number of nitrogens with zero attached hydrogens (tertiary/aromatic N) is 5. The predicted octanol–water partition coefficient (Wildman–Crippen LogP) is 2.31. The standard InChI is InChI=1S/C20H22F2N6O2/c1-11(2)4-18-25-26-27-28(18)16-6-13(19-17(22)8-15(21)9-23-19)5-14(7-16)20(30)24-12(3)10-29/h5-9,11-12,29H,4,10H2,1-3H3,(H,24,30)/t12-/m0/s1. The fourth-order valence-corrected chi connectivity index (χ4v) is 2.88. The van der Waals surface area contributed by atoms with E-state index in [2.05, 4.69) is 25.8 Å². The number of aliphatic hydroxyl groups excluding tert-OH is 1. The van der Waals surface area contributed by atoms with E-state index in [0.29, 0.717) is 17.9 Å². The van der Waals surface area contributed by atoms with Gasteiger partial charge in [-0.1, -0.05) is 13.8 Å². The Morgan fingerprint density at radius 3 is 2.63 bits per heavy atom. The summed E-state index contributed by atoms with van der Waals surface area (Å²) in [6.45, 7) is 5.44. The van der Waals surface area contributed by atoms with Crippen LogP contribution in [0, 0.1) is 17.6 Å². The minimum atomic E-state index is -0.860. The van der Waals surface area contributed by atoms with E-state index < -0.39 is 23.6 Å². The lowest BCUT2D eigenvalue weighted by Crippen LogP contribution is -2.35. The van der Waals surface area contributed by atoms with E-state index in [1.807, 2.05) is 13.8 Å². The van der Waals surface area contributed by atoms with Gasteiger partial charge in [0.1, 0.15) is 11.5 Å². The number of amides is 1. The number of tetrazole rings is 1. The number of aliphatic hydroxyl groups is 1. The summed E-state index contributed by atoms with van der Waals surface area (Å²) in [4.78, 5) is 16.5. The summed E-state index contributed by atoms with van der Waals surface area (Å²) in [5, 5.41) is 23.6. The molecule has 0 aliphatic rings. The molecule has 1 atom stereocenters. The van der Waals surface area contributed by atoms with Gasteiger partial charge in [-0.25, -0.2) is 8.78 Å². The number of nitrogens with one attached hydrogen (secondary N) is 1.